The average Bonchev–Trinajstić information content (AvgIpc) is 2.35. The highest BCUT2D eigenvalue weighted by atomic mass is 16.6. The van der Waals surface area contributed by atoms with E-state index in [1.807, 2.05) is 0 Å². The summed E-state index contributed by atoms with van der Waals surface area (Å²) in [6.07, 6.45) is 2.07. The molecule has 0 saturated heterocycles. The number of amides is 1. The molecule has 0 spiro atoms. The van der Waals surface area contributed by atoms with E-state index in [2.05, 4.69) is 13.8 Å². The Morgan fingerprint density at radius 3 is 2.05 bits per heavy atom. The molecule has 122 valence electrons. The van der Waals surface area contributed by atoms with Crippen molar-refractivity contribution in [1.29, 1.82) is 0 Å². The summed E-state index contributed by atoms with van der Waals surface area (Å²) in [6, 6.07) is 0. The number of carbonyl (C=O) groups excluding carboxylic acids is 1. The molecule has 0 radical (unpaired) electrons. The molecule has 0 aromatic heterocycles. The van der Waals surface area contributed by atoms with Gasteiger partial charge in [-0.25, -0.2) is 9.59 Å². The predicted octanol–water partition coefficient (Wildman–Crippen LogP) is 3.52. The maximum absolute atomic E-state index is 12.2. The fourth-order valence-electron chi connectivity index (χ4n) is 2.98. The Morgan fingerprint density at radius 1 is 1.24 bits per heavy atom. The molecule has 0 aliphatic heterocycles. The molecule has 5 nitrogen and oxygen atoms in total. The van der Waals surface area contributed by atoms with Crippen LogP contribution < -0.4 is 0 Å². The first-order valence-corrected chi connectivity index (χ1v) is 7.70. The highest BCUT2D eigenvalue weighted by Gasteiger charge is 2.48. The molecule has 1 N–H and O–H groups in total. The molecule has 1 fully saturated rings. The lowest BCUT2D eigenvalue weighted by Gasteiger charge is -2.43. The molecular formula is C16H29NO4. The Labute approximate surface area is 127 Å². The minimum absolute atomic E-state index is 0.487. The van der Waals surface area contributed by atoms with Crippen LogP contribution in [0, 0.1) is 11.8 Å². The zero-order valence-corrected chi connectivity index (χ0v) is 14.1. The second-order valence-corrected chi connectivity index (χ2v) is 7.46. The maximum Gasteiger partial charge on any atom is 0.410 e. The van der Waals surface area contributed by atoms with Crippen molar-refractivity contribution >= 4 is 12.1 Å². The van der Waals surface area contributed by atoms with Crippen LogP contribution in [0.2, 0.25) is 0 Å². The highest BCUT2D eigenvalue weighted by Crippen LogP contribution is 2.39. The van der Waals surface area contributed by atoms with Gasteiger partial charge in [0.05, 0.1) is 0 Å². The quantitative estimate of drug-likeness (QED) is 0.865. The molecule has 0 atom stereocenters. The molecule has 1 aliphatic carbocycles. The van der Waals surface area contributed by atoms with E-state index in [9.17, 15) is 14.7 Å². The van der Waals surface area contributed by atoms with E-state index in [0.717, 1.165) is 12.8 Å². The molecule has 5 heteroatoms. The van der Waals surface area contributed by atoms with Gasteiger partial charge in [-0.05, 0) is 58.3 Å². The van der Waals surface area contributed by atoms with Crippen molar-refractivity contribution in [3.63, 3.8) is 0 Å². The average molecular weight is 299 g/mol. The summed E-state index contributed by atoms with van der Waals surface area (Å²) in [5.74, 6) is 0.145. The van der Waals surface area contributed by atoms with Gasteiger partial charge in [0.25, 0.3) is 0 Å². The number of likely N-dealkylation sites (N-methyl/N-ethyl adjacent to an activating group) is 1. The molecule has 0 heterocycles. The minimum Gasteiger partial charge on any atom is -0.479 e. The number of hydrogen-bond acceptors (Lipinski definition) is 3. The lowest BCUT2D eigenvalue weighted by Crippen LogP contribution is -2.58. The summed E-state index contributed by atoms with van der Waals surface area (Å²) in [5.41, 5.74) is -1.76. The normalized spacial score (nSPS) is 26.5. The first-order chi connectivity index (χ1) is 9.49. The smallest absolute Gasteiger partial charge is 0.410 e. The Balaban J connectivity index is 2.87. The van der Waals surface area contributed by atoms with Crippen LogP contribution in [0.3, 0.4) is 0 Å². The second kappa shape index (κ2) is 6.24. The number of carbonyl (C=O) groups is 2. The van der Waals surface area contributed by atoms with Crippen LogP contribution in [-0.4, -0.2) is 40.3 Å². The summed E-state index contributed by atoms with van der Waals surface area (Å²) in [4.78, 5) is 25.3. The predicted molar refractivity (Wildman–Crippen MR) is 81.2 cm³/mol. The van der Waals surface area contributed by atoms with Gasteiger partial charge < -0.3 is 9.84 Å². The molecule has 1 amide bonds. The summed E-state index contributed by atoms with van der Waals surface area (Å²) >= 11 is 0. The largest absolute Gasteiger partial charge is 0.479 e. The Kier molecular flexibility index (Phi) is 5.29. The molecule has 1 saturated carbocycles. The van der Waals surface area contributed by atoms with Gasteiger partial charge in [-0.15, -0.1) is 0 Å². The number of hydrogen-bond donors (Lipinski definition) is 1. The van der Waals surface area contributed by atoms with E-state index in [1.54, 1.807) is 20.8 Å². The molecule has 0 aromatic carbocycles. The van der Waals surface area contributed by atoms with Crippen LogP contribution in [0.15, 0.2) is 0 Å². The minimum atomic E-state index is -1.13. The Hall–Kier alpha value is -1.26. The number of rotatable bonds is 3. The van der Waals surface area contributed by atoms with Crippen molar-refractivity contribution in [2.24, 2.45) is 11.8 Å². The molecule has 0 bridgehead atoms. The van der Waals surface area contributed by atoms with Gasteiger partial charge in [0, 0.05) is 7.05 Å². The van der Waals surface area contributed by atoms with Crippen molar-refractivity contribution in [3.8, 4) is 0 Å². The van der Waals surface area contributed by atoms with Gasteiger partial charge in [0.1, 0.15) is 11.1 Å². The van der Waals surface area contributed by atoms with E-state index in [0.29, 0.717) is 24.7 Å². The summed E-state index contributed by atoms with van der Waals surface area (Å²) in [5, 5.41) is 9.68. The molecule has 0 unspecified atom stereocenters. The van der Waals surface area contributed by atoms with Gasteiger partial charge in [0.15, 0.2) is 0 Å². The first-order valence-electron chi connectivity index (χ1n) is 7.70. The Morgan fingerprint density at radius 2 is 1.71 bits per heavy atom. The highest BCUT2D eigenvalue weighted by molar-refractivity contribution is 5.84. The van der Waals surface area contributed by atoms with Crippen LogP contribution in [-0.2, 0) is 9.53 Å². The topological polar surface area (TPSA) is 66.8 Å². The first kappa shape index (κ1) is 17.8. The van der Waals surface area contributed by atoms with Gasteiger partial charge >= 0.3 is 12.1 Å². The second-order valence-electron chi connectivity index (χ2n) is 7.46. The van der Waals surface area contributed by atoms with Crippen LogP contribution in [0.5, 0.6) is 0 Å². The lowest BCUT2D eigenvalue weighted by atomic mass is 9.72. The van der Waals surface area contributed by atoms with Crippen LogP contribution in [0.1, 0.15) is 60.3 Å². The molecule has 21 heavy (non-hydrogen) atoms. The van der Waals surface area contributed by atoms with Gasteiger partial charge in [-0.2, -0.15) is 0 Å². The number of carboxylic acid groups (broad SMARTS) is 1. The van der Waals surface area contributed by atoms with E-state index in [4.69, 9.17) is 4.74 Å². The van der Waals surface area contributed by atoms with Gasteiger partial charge in [-0.1, -0.05) is 13.8 Å². The van der Waals surface area contributed by atoms with Crippen molar-refractivity contribution in [1.82, 2.24) is 4.90 Å². The number of aliphatic carboxylic acids is 1. The zero-order valence-electron chi connectivity index (χ0n) is 14.1. The van der Waals surface area contributed by atoms with E-state index in [-0.39, 0.29) is 0 Å². The summed E-state index contributed by atoms with van der Waals surface area (Å²) in [6.45, 7) is 9.66. The fourth-order valence-corrected chi connectivity index (χ4v) is 2.98. The number of nitrogens with zero attached hydrogens (tertiary/aromatic N) is 1. The summed E-state index contributed by atoms with van der Waals surface area (Å²) in [7, 11) is 1.54. The van der Waals surface area contributed by atoms with Crippen molar-refractivity contribution in [2.45, 2.75) is 71.4 Å². The van der Waals surface area contributed by atoms with Gasteiger partial charge in [0.2, 0.25) is 0 Å². The molecule has 1 rings (SSSR count). The van der Waals surface area contributed by atoms with E-state index >= 15 is 0 Å². The van der Waals surface area contributed by atoms with Crippen LogP contribution in [0.25, 0.3) is 0 Å². The fraction of sp³-hybridized carbons (Fsp3) is 0.875. The van der Waals surface area contributed by atoms with Crippen LogP contribution in [0.4, 0.5) is 4.79 Å². The molecule has 1 aliphatic rings. The number of carboxylic acids is 1. The Bertz CT molecular complexity index is 390. The van der Waals surface area contributed by atoms with Crippen molar-refractivity contribution < 1.29 is 19.4 Å². The van der Waals surface area contributed by atoms with Gasteiger partial charge in [-0.3, -0.25) is 4.90 Å². The zero-order chi connectivity index (χ0) is 16.4. The van der Waals surface area contributed by atoms with E-state index in [1.165, 1.54) is 11.9 Å². The van der Waals surface area contributed by atoms with Crippen molar-refractivity contribution in [3.05, 3.63) is 0 Å². The SMILES string of the molecule is CC(C)C1CCC(C(=O)O)(N(C)C(=O)OC(C)(C)C)CC1. The van der Waals surface area contributed by atoms with Crippen molar-refractivity contribution in [2.75, 3.05) is 7.05 Å². The third-order valence-corrected chi connectivity index (χ3v) is 4.51. The third-order valence-electron chi connectivity index (χ3n) is 4.51. The lowest BCUT2D eigenvalue weighted by molar-refractivity contribution is -0.153. The monoisotopic (exact) mass is 299 g/mol. The van der Waals surface area contributed by atoms with Crippen LogP contribution >= 0.6 is 0 Å². The standard InChI is InChI=1S/C16H29NO4/c1-11(2)12-7-9-16(10-8-12,13(18)19)17(6)14(20)21-15(3,4)5/h11-12H,7-10H2,1-6H3,(H,18,19). The molecule has 0 aromatic rings. The summed E-state index contributed by atoms with van der Waals surface area (Å²) < 4.78 is 5.33. The maximum atomic E-state index is 12.2. The number of ether oxygens (including phenoxy) is 1. The third kappa shape index (κ3) is 4.11. The molecular weight excluding hydrogens is 270 g/mol. The van der Waals surface area contributed by atoms with E-state index < -0.39 is 23.2 Å².